The number of ether oxygens (including phenoxy) is 5. The molecule has 3 aliphatic carbocycles. The summed E-state index contributed by atoms with van der Waals surface area (Å²) >= 11 is 0. The van der Waals surface area contributed by atoms with E-state index in [1.165, 1.54) is 42.4 Å². The second-order valence-electron chi connectivity index (χ2n) is 14.6. The van der Waals surface area contributed by atoms with Gasteiger partial charge in [0.25, 0.3) is 0 Å². The van der Waals surface area contributed by atoms with E-state index in [1.54, 1.807) is 14.2 Å². The normalized spacial score (nSPS) is 22.9. The van der Waals surface area contributed by atoms with Crippen molar-refractivity contribution < 1.29 is 33.3 Å². The van der Waals surface area contributed by atoms with Crippen LogP contribution < -0.4 is 14.2 Å². The minimum Gasteiger partial charge on any atom is -0.497 e. The van der Waals surface area contributed by atoms with Crippen molar-refractivity contribution in [2.45, 2.75) is 88.3 Å². The van der Waals surface area contributed by atoms with Gasteiger partial charge in [0.05, 0.1) is 27.1 Å². The second-order valence-corrected chi connectivity index (χ2v) is 14.6. The second kappa shape index (κ2) is 16.3. The van der Waals surface area contributed by atoms with Crippen molar-refractivity contribution >= 4 is 11.9 Å². The van der Waals surface area contributed by atoms with Gasteiger partial charge in [0.1, 0.15) is 36.1 Å². The standard InChI is InChI=1S/C42H53NO7/c1-43(2)27-34(28-48-38-14-6-5-11-30(38)16-15-29-10-9-12-32(24-29)46-3)49-40(44)19-20-41(45)50-39-21-23-42-22-8-7-13-36(42)35(39)25-31-17-18-33(47-4)26-37(31)42/h5-6,9-12,14,17-18,24,26,34-36,39H,7-8,13,15-16,19-23,25,27-28H2,1-4H3/t34-,35-,36+,39?,42-/m0/s1. The van der Waals surface area contributed by atoms with Gasteiger partial charge < -0.3 is 28.6 Å². The Morgan fingerprint density at radius 3 is 2.48 bits per heavy atom. The lowest BCUT2D eigenvalue weighted by atomic mass is 9.48. The summed E-state index contributed by atoms with van der Waals surface area (Å²) in [5, 5.41) is 0. The maximum Gasteiger partial charge on any atom is 0.306 e. The number of hydrogen-bond donors (Lipinski definition) is 0. The van der Waals surface area contributed by atoms with E-state index in [-0.39, 0.29) is 36.9 Å². The number of carbonyl (C=O) groups excluding carboxylic acids is 2. The van der Waals surface area contributed by atoms with Gasteiger partial charge in [-0.25, -0.2) is 0 Å². The number of rotatable bonds is 15. The van der Waals surface area contributed by atoms with E-state index in [4.69, 9.17) is 23.7 Å². The van der Waals surface area contributed by atoms with Crippen LogP contribution in [0.3, 0.4) is 0 Å². The molecular formula is C42H53NO7. The molecule has 0 N–H and O–H groups in total. The van der Waals surface area contributed by atoms with Crippen LogP contribution in [0, 0.1) is 11.8 Å². The summed E-state index contributed by atoms with van der Waals surface area (Å²) in [6.07, 6.45) is 8.64. The van der Waals surface area contributed by atoms with Gasteiger partial charge in [-0.2, -0.15) is 0 Å². The molecule has 0 spiro atoms. The van der Waals surface area contributed by atoms with Crippen LogP contribution in [-0.4, -0.2) is 70.5 Å². The molecule has 2 fully saturated rings. The third-order valence-electron chi connectivity index (χ3n) is 11.2. The summed E-state index contributed by atoms with van der Waals surface area (Å²) in [6.45, 7) is 0.715. The van der Waals surface area contributed by atoms with Gasteiger partial charge in [0, 0.05) is 12.5 Å². The zero-order valence-electron chi connectivity index (χ0n) is 30.2. The van der Waals surface area contributed by atoms with Gasteiger partial charge >= 0.3 is 11.9 Å². The van der Waals surface area contributed by atoms with Crippen LogP contribution in [0.2, 0.25) is 0 Å². The number of nitrogens with zero attached hydrogens (tertiary/aromatic N) is 1. The number of esters is 2. The fourth-order valence-corrected chi connectivity index (χ4v) is 8.89. The van der Waals surface area contributed by atoms with Crippen molar-refractivity contribution in [1.82, 2.24) is 4.90 Å². The van der Waals surface area contributed by atoms with Crippen molar-refractivity contribution in [3.63, 3.8) is 0 Å². The summed E-state index contributed by atoms with van der Waals surface area (Å²) < 4.78 is 29.3. The predicted molar refractivity (Wildman–Crippen MR) is 193 cm³/mol. The SMILES string of the molecule is COc1cccc(CCc2ccccc2OC[C@H](CN(C)C)OC(=O)CCC(=O)OC2CC[C@@]34CCCC[C@@H]3[C@@H]2Cc2ccc(OC)cc24)c1. The summed E-state index contributed by atoms with van der Waals surface area (Å²) in [5.41, 5.74) is 5.25. The van der Waals surface area contributed by atoms with Crippen LogP contribution in [-0.2, 0) is 43.7 Å². The van der Waals surface area contributed by atoms with Crippen molar-refractivity contribution in [3.8, 4) is 17.2 Å². The minimum absolute atomic E-state index is 0.00823. The average molecular weight is 684 g/mol. The Labute approximate surface area is 297 Å². The maximum atomic E-state index is 13.2. The van der Waals surface area contributed by atoms with Crippen LogP contribution in [0.15, 0.2) is 66.7 Å². The molecule has 0 aliphatic heterocycles. The van der Waals surface area contributed by atoms with Crippen LogP contribution in [0.1, 0.15) is 73.6 Å². The highest BCUT2D eigenvalue weighted by atomic mass is 16.6. The molecule has 3 aromatic carbocycles. The summed E-state index contributed by atoms with van der Waals surface area (Å²) in [4.78, 5) is 28.2. The Bertz CT molecular complexity index is 1620. The summed E-state index contributed by atoms with van der Waals surface area (Å²) in [5.74, 6) is 2.62. The van der Waals surface area contributed by atoms with E-state index in [9.17, 15) is 9.59 Å². The van der Waals surface area contributed by atoms with Crippen LogP contribution in [0.25, 0.3) is 0 Å². The lowest BCUT2D eigenvalue weighted by Gasteiger charge is -2.57. The number of hydrogen-bond acceptors (Lipinski definition) is 8. The van der Waals surface area contributed by atoms with E-state index < -0.39 is 12.1 Å². The Kier molecular flexibility index (Phi) is 11.7. The van der Waals surface area contributed by atoms with Crippen LogP contribution in [0.5, 0.6) is 17.2 Å². The highest BCUT2D eigenvalue weighted by molar-refractivity contribution is 5.78. The van der Waals surface area contributed by atoms with Crippen molar-refractivity contribution in [2.75, 3.05) is 41.5 Å². The number of carbonyl (C=O) groups is 2. The highest BCUT2D eigenvalue weighted by Crippen LogP contribution is 2.59. The number of fused-ring (bicyclic) bond motifs is 1. The fraction of sp³-hybridized carbons (Fsp3) is 0.524. The predicted octanol–water partition coefficient (Wildman–Crippen LogP) is 7.13. The van der Waals surface area contributed by atoms with Crippen LogP contribution in [0.4, 0.5) is 0 Å². The molecule has 5 atom stereocenters. The first-order valence-electron chi connectivity index (χ1n) is 18.3. The molecule has 8 heteroatoms. The van der Waals surface area contributed by atoms with Gasteiger partial charge in [-0.15, -0.1) is 0 Å². The van der Waals surface area contributed by atoms with Crippen molar-refractivity contribution in [3.05, 3.63) is 89.0 Å². The molecule has 3 aromatic rings. The smallest absolute Gasteiger partial charge is 0.306 e. The van der Waals surface area contributed by atoms with E-state index in [1.807, 2.05) is 49.3 Å². The van der Waals surface area contributed by atoms with Gasteiger partial charge in [0.2, 0.25) is 0 Å². The Hall–Kier alpha value is -4.04. The molecule has 8 nitrogen and oxygen atoms in total. The number of para-hydroxylation sites is 1. The zero-order chi connectivity index (χ0) is 35.1. The number of methoxy groups -OCH3 is 2. The van der Waals surface area contributed by atoms with Crippen molar-refractivity contribution in [1.29, 1.82) is 0 Å². The van der Waals surface area contributed by atoms with Crippen LogP contribution >= 0.6 is 0 Å². The average Bonchev–Trinajstić information content (AvgIpc) is 3.13. The largest absolute Gasteiger partial charge is 0.497 e. The quantitative estimate of drug-likeness (QED) is 0.157. The highest BCUT2D eigenvalue weighted by Gasteiger charge is 2.55. The van der Waals surface area contributed by atoms with E-state index in [0.717, 1.165) is 54.9 Å². The summed E-state index contributed by atoms with van der Waals surface area (Å²) in [6, 6.07) is 22.6. The molecule has 2 saturated carbocycles. The molecular weight excluding hydrogens is 630 g/mol. The lowest BCUT2D eigenvalue weighted by Crippen LogP contribution is -2.54. The molecule has 2 bridgehead atoms. The number of benzene rings is 3. The molecule has 0 amide bonds. The van der Waals surface area contributed by atoms with E-state index in [2.05, 4.69) is 36.4 Å². The van der Waals surface area contributed by atoms with Gasteiger partial charge in [0.15, 0.2) is 0 Å². The lowest BCUT2D eigenvalue weighted by molar-refractivity contribution is -0.163. The van der Waals surface area contributed by atoms with E-state index >= 15 is 0 Å². The first kappa shape index (κ1) is 35.8. The molecule has 3 aliphatic rings. The van der Waals surface area contributed by atoms with Gasteiger partial charge in [-0.3, -0.25) is 9.59 Å². The Balaban J connectivity index is 1.01. The maximum absolute atomic E-state index is 13.2. The first-order chi connectivity index (χ1) is 24.3. The van der Waals surface area contributed by atoms with Gasteiger partial charge in [-0.1, -0.05) is 49.2 Å². The molecule has 0 heterocycles. The zero-order valence-corrected chi connectivity index (χ0v) is 30.2. The Morgan fingerprint density at radius 2 is 1.66 bits per heavy atom. The molecule has 0 aromatic heterocycles. The molecule has 0 saturated heterocycles. The van der Waals surface area contributed by atoms with E-state index in [0.29, 0.717) is 18.4 Å². The minimum atomic E-state index is -0.487. The van der Waals surface area contributed by atoms with Crippen molar-refractivity contribution in [2.24, 2.45) is 11.8 Å². The third-order valence-corrected chi connectivity index (χ3v) is 11.2. The monoisotopic (exact) mass is 683 g/mol. The first-order valence-corrected chi connectivity index (χ1v) is 18.3. The molecule has 268 valence electrons. The Morgan fingerprint density at radius 1 is 0.860 bits per heavy atom. The third kappa shape index (κ3) is 8.28. The summed E-state index contributed by atoms with van der Waals surface area (Å²) in [7, 11) is 7.28. The molecule has 50 heavy (non-hydrogen) atoms. The number of aryl methyl sites for hydroxylation is 2. The molecule has 0 radical (unpaired) electrons. The van der Waals surface area contributed by atoms with Gasteiger partial charge in [-0.05, 0) is 123 Å². The topological polar surface area (TPSA) is 83.5 Å². The number of likely N-dealkylation sites (N-methyl/N-ethyl adjacent to an activating group) is 1. The molecule has 1 unspecified atom stereocenters. The fourth-order valence-electron chi connectivity index (χ4n) is 8.89. The molecule has 6 rings (SSSR count).